The summed E-state index contributed by atoms with van der Waals surface area (Å²) in [4.78, 5) is 41.8. The number of hydrogen-bond donors (Lipinski definition) is 1. The van der Waals surface area contributed by atoms with Crippen LogP contribution in [0.3, 0.4) is 0 Å². The summed E-state index contributed by atoms with van der Waals surface area (Å²) in [7, 11) is 1.63. The van der Waals surface area contributed by atoms with E-state index in [0.29, 0.717) is 22.9 Å². The van der Waals surface area contributed by atoms with Crippen LogP contribution in [0.15, 0.2) is 48.5 Å². The minimum absolute atomic E-state index is 0.124. The molecule has 0 fully saturated rings. The van der Waals surface area contributed by atoms with Gasteiger partial charge in [0.1, 0.15) is 5.75 Å². The first kappa shape index (κ1) is 24.9. The van der Waals surface area contributed by atoms with Gasteiger partial charge in [-0.2, -0.15) is 0 Å². The van der Waals surface area contributed by atoms with Gasteiger partial charge in [0.25, 0.3) is 5.91 Å². The van der Waals surface area contributed by atoms with Crippen molar-refractivity contribution in [1.82, 2.24) is 10.3 Å². The van der Waals surface area contributed by atoms with E-state index in [1.54, 1.807) is 14.0 Å². The Morgan fingerprint density at radius 3 is 2.53 bits per heavy atom. The molecule has 186 valence electrons. The SMILES string of the molecule is CCOC(=O)NC(=O)COC(=O)c1c2c(nc3ccccc13)/C(=C\c1ccc(OC)cc1)CC(C)C2. The lowest BCUT2D eigenvalue weighted by Crippen LogP contribution is -2.34. The maximum absolute atomic E-state index is 13.3. The number of nitrogens with one attached hydrogen (secondary N) is 1. The Morgan fingerprint density at radius 1 is 1.06 bits per heavy atom. The van der Waals surface area contributed by atoms with E-state index in [9.17, 15) is 14.4 Å². The van der Waals surface area contributed by atoms with Crippen molar-refractivity contribution in [2.24, 2.45) is 5.92 Å². The third-order valence-electron chi connectivity index (χ3n) is 5.93. The van der Waals surface area contributed by atoms with E-state index in [2.05, 4.69) is 17.7 Å². The van der Waals surface area contributed by atoms with Gasteiger partial charge in [0.15, 0.2) is 6.61 Å². The molecule has 1 unspecified atom stereocenters. The van der Waals surface area contributed by atoms with Crippen molar-refractivity contribution in [3.63, 3.8) is 0 Å². The largest absolute Gasteiger partial charge is 0.497 e. The van der Waals surface area contributed by atoms with Crippen molar-refractivity contribution in [2.75, 3.05) is 20.3 Å². The minimum Gasteiger partial charge on any atom is -0.497 e. The maximum atomic E-state index is 13.3. The Balaban J connectivity index is 1.71. The van der Waals surface area contributed by atoms with Crippen LogP contribution in [-0.2, 0) is 20.7 Å². The first-order valence-corrected chi connectivity index (χ1v) is 11.8. The monoisotopic (exact) mass is 488 g/mol. The summed E-state index contributed by atoms with van der Waals surface area (Å²) in [5.74, 6) is -0.358. The normalized spacial score (nSPS) is 15.8. The lowest BCUT2D eigenvalue weighted by molar-refractivity contribution is -0.123. The Labute approximate surface area is 209 Å². The standard InChI is InChI=1S/C28H28N2O6/c1-4-35-28(33)30-24(31)16-36-27(32)25-21-7-5-6-8-23(21)29-26-19(13-17(2)14-22(25)26)15-18-9-11-20(34-3)12-10-18/h5-12,15,17H,4,13-14,16H2,1-3H3,(H,30,31,33)/b19-15-. The van der Waals surface area contributed by atoms with Crippen LogP contribution in [0.5, 0.6) is 5.75 Å². The number of ether oxygens (including phenoxy) is 3. The third kappa shape index (κ3) is 5.54. The van der Waals surface area contributed by atoms with Crippen LogP contribution in [0, 0.1) is 5.92 Å². The number of allylic oxidation sites excluding steroid dienone is 1. The molecular formula is C28H28N2O6. The highest BCUT2D eigenvalue weighted by atomic mass is 16.6. The summed E-state index contributed by atoms with van der Waals surface area (Å²) in [5.41, 5.74) is 4.63. The van der Waals surface area contributed by atoms with Gasteiger partial charge in [0, 0.05) is 5.39 Å². The minimum atomic E-state index is -0.882. The van der Waals surface area contributed by atoms with Gasteiger partial charge in [-0.3, -0.25) is 10.1 Å². The smallest absolute Gasteiger partial charge is 0.413 e. The number of alkyl carbamates (subject to hydrolysis) is 1. The van der Waals surface area contributed by atoms with Crippen molar-refractivity contribution >= 4 is 40.5 Å². The fourth-order valence-electron chi connectivity index (χ4n) is 4.39. The Kier molecular flexibility index (Phi) is 7.63. The van der Waals surface area contributed by atoms with E-state index in [-0.39, 0.29) is 12.5 Å². The van der Waals surface area contributed by atoms with Gasteiger partial charge in [-0.1, -0.05) is 37.3 Å². The van der Waals surface area contributed by atoms with E-state index in [1.807, 2.05) is 53.8 Å². The van der Waals surface area contributed by atoms with Crippen LogP contribution in [0.4, 0.5) is 4.79 Å². The fraction of sp³-hybridized carbons (Fsp3) is 0.286. The van der Waals surface area contributed by atoms with Gasteiger partial charge in [-0.05, 0) is 66.7 Å². The summed E-state index contributed by atoms with van der Waals surface area (Å²) in [5, 5.41) is 2.69. The molecule has 4 rings (SSSR count). The predicted molar refractivity (Wildman–Crippen MR) is 136 cm³/mol. The molecule has 36 heavy (non-hydrogen) atoms. The highest BCUT2D eigenvalue weighted by molar-refractivity contribution is 6.07. The quantitative estimate of drug-likeness (QED) is 0.497. The Bertz CT molecular complexity index is 1330. The number of rotatable bonds is 6. The molecule has 2 aromatic carbocycles. The van der Waals surface area contributed by atoms with Crippen LogP contribution < -0.4 is 10.1 Å². The number of carbonyl (C=O) groups excluding carboxylic acids is 3. The number of amides is 2. The number of hydrogen-bond acceptors (Lipinski definition) is 7. The molecule has 1 aromatic heterocycles. The average Bonchev–Trinajstić information content (AvgIpc) is 2.86. The number of carbonyl (C=O) groups is 3. The van der Waals surface area contributed by atoms with Crippen LogP contribution in [0.1, 0.15) is 47.4 Å². The molecule has 1 aliphatic carbocycles. The van der Waals surface area contributed by atoms with Crippen molar-refractivity contribution in [3.05, 3.63) is 70.9 Å². The van der Waals surface area contributed by atoms with Gasteiger partial charge in [0.05, 0.1) is 30.5 Å². The van der Waals surface area contributed by atoms with E-state index in [1.165, 1.54) is 0 Å². The molecule has 1 N–H and O–H groups in total. The molecule has 0 bridgehead atoms. The summed E-state index contributed by atoms with van der Waals surface area (Å²) in [6.45, 7) is 3.27. The second kappa shape index (κ2) is 11.0. The molecule has 2 amide bonds. The lowest BCUT2D eigenvalue weighted by atomic mass is 9.80. The number of fused-ring (bicyclic) bond motifs is 2. The summed E-state index contributed by atoms with van der Waals surface area (Å²) >= 11 is 0. The number of methoxy groups -OCH3 is 1. The second-order valence-electron chi connectivity index (χ2n) is 8.63. The molecule has 0 aliphatic heterocycles. The van der Waals surface area contributed by atoms with Crippen molar-refractivity contribution in [1.29, 1.82) is 0 Å². The Morgan fingerprint density at radius 2 is 1.81 bits per heavy atom. The highest BCUT2D eigenvalue weighted by Crippen LogP contribution is 2.38. The van der Waals surface area contributed by atoms with Crippen molar-refractivity contribution < 1.29 is 28.6 Å². The molecular weight excluding hydrogens is 460 g/mol. The first-order valence-electron chi connectivity index (χ1n) is 11.8. The zero-order chi connectivity index (χ0) is 25.7. The van der Waals surface area contributed by atoms with Crippen LogP contribution in [0.25, 0.3) is 22.6 Å². The molecule has 8 nitrogen and oxygen atoms in total. The molecule has 0 saturated carbocycles. The first-order chi connectivity index (χ1) is 17.4. The number of pyridine rings is 1. The Hall–Kier alpha value is -4.20. The van der Waals surface area contributed by atoms with Crippen molar-refractivity contribution in [3.8, 4) is 5.75 Å². The second-order valence-corrected chi connectivity index (χ2v) is 8.63. The summed E-state index contributed by atoms with van der Waals surface area (Å²) in [6, 6.07) is 15.1. The van der Waals surface area contributed by atoms with Gasteiger partial charge in [0.2, 0.25) is 0 Å². The van der Waals surface area contributed by atoms with Crippen LogP contribution in [-0.4, -0.2) is 43.3 Å². The van der Waals surface area contributed by atoms with Crippen LogP contribution in [0.2, 0.25) is 0 Å². The number of para-hydroxylation sites is 1. The maximum Gasteiger partial charge on any atom is 0.413 e. The number of imide groups is 1. The number of nitrogens with zero attached hydrogens (tertiary/aromatic N) is 1. The molecule has 1 atom stereocenters. The van der Waals surface area contributed by atoms with Crippen molar-refractivity contribution in [2.45, 2.75) is 26.7 Å². The zero-order valence-electron chi connectivity index (χ0n) is 20.5. The average molecular weight is 489 g/mol. The molecule has 8 heteroatoms. The number of benzene rings is 2. The zero-order valence-corrected chi connectivity index (χ0v) is 20.5. The summed E-state index contributed by atoms with van der Waals surface area (Å²) < 4.78 is 15.3. The molecule has 1 heterocycles. The predicted octanol–water partition coefficient (Wildman–Crippen LogP) is 4.80. The molecule has 0 spiro atoms. The molecule has 0 radical (unpaired) electrons. The number of esters is 1. The fourth-order valence-corrected chi connectivity index (χ4v) is 4.39. The van der Waals surface area contributed by atoms with E-state index >= 15 is 0 Å². The van der Waals surface area contributed by atoms with Gasteiger partial charge in [-0.25, -0.2) is 14.6 Å². The highest BCUT2D eigenvalue weighted by Gasteiger charge is 2.29. The van der Waals surface area contributed by atoms with Gasteiger partial charge in [-0.15, -0.1) is 0 Å². The molecule has 1 aliphatic rings. The number of aromatic nitrogens is 1. The molecule has 0 saturated heterocycles. The van der Waals surface area contributed by atoms with Gasteiger partial charge < -0.3 is 14.2 Å². The van der Waals surface area contributed by atoms with E-state index in [4.69, 9.17) is 14.5 Å². The topological polar surface area (TPSA) is 104 Å². The lowest BCUT2D eigenvalue weighted by Gasteiger charge is -2.26. The molecule has 3 aromatic rings. The van der Waals surface area contributed by atoms with E-state index in [0.717, 1.165) is 34.6 Å². The van der Waals surface area contributed by atoms with Crippen LogP contribution >= 0.6 is 0 Å². The van der Waals surface area contributed by atoms with Gasteiger partial charge >= 0.3 is 12.1 Å². The summed E-state index contributed by atoms with van der Waals surface area (Å²) in [6.07, 6.45) is 2.65. The van der Waals surface area contributed by atoms with E-state index < -0.39 is 24.6 Å². The third-order valence-corrected chi connectivity index (χ3v) is 5.93.